The number of hydrogen-bond acceptors (Lipinski definition) is 4. The molecule has 1 atom stereocenters. The fourth-order valence-electron chi connectivity index (χ4n) is 2.41. The number of nitrogens with zero attached hydrogens (tertiary/aromatic N) is 1. The minimum atomic E-state index is -3.43. The number of benzene rings is 1. The summed E-state index contributed by atoms with van der Waals surface area (Å²) in [6.07, 6.45) is 0. The van der Waals surface area contributed by atoms with Crippen LogP contribution in [0.5, 0.6) is 5.75 Å². The van der Waals surface area contributed by atoms with Crippen LogP contribution in [0.15, 0.2) is 23.1 Å². The first-order chi connectivity index (χ1) is 9.46. The van der Waals surface area contributed by atoms with E-state index in [1.165, 1.54) is 0 Å². The van der Waals surface area contributed by atoms with Gasteiger partial charge in [0.15, 0.2) is 0 Å². The summed E-state index contributed by atoms with van der Waals surface area (Å²) in [6, 6.07) is 5.02. The van der Waals surface area contributed by atoms with Crippen LogP contribution in [0, 0.1) is 6.92 Å². The predicted octanol–water partition coefficient (Wildman–Crippen LogP) is 1.38. The van der Waals surface area contributed by atoms with Crippen molar-refractivity contribution in [3.63, 3.8) is 0 Å². The molecule has 6 heteroatoms. The highest BCUT2D eigenvalue weighted by Crippen LogP contribution is 2.25. The maximum Gasteiger partial charge on any atom is 0.243 e. The molecule has 20 heavy (non-hydrogen) atoms. The molecule has 0 bridgehead atoms. The second kappa shape index (κ2) is 6.11. The quantitative estimate of drug-likeness (QED) is 0.912. The largest absolute Gasteiger partial charge is 0.494 e. The molecule has 112 valence electrons. The molecule has 0 radical (unpaired) electrons. The summed E-state index contributed by atoms with van der Waals surface area (Å²) in [4.78, 5) is 0.340. The van der Waals surface area contributed by atoms with E-state index in [0.717, 1.165) is 11.3 Å². The standard InChI is InChI=1S/C14H22N2O3S/c1-4-19-14-6-5-13(9-11(14)2)20(17,18)16-8-7-15-10-12(16)3/h5-6,9,12,15H,4,7-8,10H2,1-3H3. The van der Waals surface area contributed by atoms with Crippen LogP contribution in [-0.4, -0.2) is 45.0 Å². The molecule has 1 aromatic carbocycles. The van der Waals surface area contributed by atoms with Crippen LogP contribution >= 0.6 is 0 Å². The van der Waals surface area contributed by atoms with Crippen LogP contribution < -0.4 is 10.1 Å². The third-order valence-electron chi connectivity index (χ3n) is 3.49. The van der Waals surface area contributed by atoms with Crippen LogP contribution in [0.3, 0.4) is 0 Å². The molecular formula is C14H22N2O3S. The van der Waals surface area contributed by atoms with Gasteiger partial charge in [-0.25, -0.2) is 8.42 Å². The molecular weight excluding hydrogens is 276 g/mol. The Hall–Kier alpha value is -1.11. The van der Waals surface area contributed by atoms with Gasteiger partial charge >= 0.3 is 0 Å². The van der Waals surface area contributed by atoms with Crippen molar-refractivity contribution >= 4 is 10.0 Å². The van der Waals surface area contributed by atoms with E-state index in [1.807, 2.05) is 20.8 Å². The highest BCUT2D eigenvalue weighted by molar-refractivity contribution is 7.89. The van der Waals surface area contributed by atoms with Gasteiger partial charge in [0, 0.05) is 25.7 Å². The summed E-state index contributed by atoms with van der Waals surface area (Å²) < 4.78 is 32.4. The van der Waals surface area contributed by atoms with Gasteiger partial charge < -0.3 is 10.1 Å². The van der Waals surface area contributed by atoms with E-state index >= 15 is 0 Å². The summed E-state index contributed by atoms with van der Waals surface area (Å²) in [6.45, 7) is 8.16. The van der Waals surface area contributed by atoms with Gasteiger partial charge in [0.25, 0.3) is 0 Å². The zero-order chi connectivity index (χ0) is 14.8. The van der Waals surface area contributed by atoms with Crippen LogP contribution in [0.2, 0.25) is 0 Å². The maximum atomic E-state index is 12.7. The normalized spacial score (nSPS) is 20.9. The Bertz CT molecular complexity index is 572. The molecule has 0 saturated carbocycles. The molecule has 5 nitrogen and oxygen atoms in total. The van der Waals surface area contributed by atoms with Gasteiger partial charge in [-0.2, -0.15) is 4.31 Å². The van der Waals surface area contributed by atoms with Crippen molar-refractivity contribution < 1.29 is 13.2 Å². The van der Waals surface area contributed by atoms with Gasteiger partial charge in [0.2, 0.25) is 10.0 Å². The smallest absolute Gasteiger partial charge is 0.243 e. The lowest BCUT2D eigenvalue weighted by Crippen LogP contribution is -2.52. The third-order valence-corrected chi connectivity index (χ3v) is 5.50. The topological polar surface area (TPSA) is 58.6 Å². The molecule has 0 aliphatic carbocycles. The summed E-state index contributed by atoms with van der Waals surface area (Å²) in [5.74, 6) is 0.736. The average molecular weight is 298 g/mol. The van der Waals surface area contributed by atoms with Crippen molar-refractivity contribution in [1.82, 2.24) is 9.62 Å². The summed E-state index contributed by atoms with van der Waals surface area (Å²) in [7, 11) is -3.43. The number of hydrogen-bond donors (Lipinski definition) is 1. The Morgan fingerprint density at radius 1 is 1.45 bits per heavy atom. The minimum Gasteiger partial charge on any atom is -0.494 e. The molecule has 2 rings (SSSR count). The monoisotopic (exact) mass is 298 g/mol. The van der Waals surface area contributed by atoms with Crippen LogP contribution in [0.4, 0.5) is 0 Å². The molecule has 1 unspecified atom stereocenters. The van der Waals surface area contributed by atoms with E-state index in [4.69, 9.17) is 4.74 Å². The van der Waals surface area contributed by atoms with E-state index < -0.39 is 10.0 Å². The molecule has 0 amide bonds. The Labute approximate surface area is 121 Å². The van der Waals surface area contributed by atoms with Crippen LogP contribution in [0.1, 0.15) is 19.4 Å². The first-order valence-corrected chi connectivity index (χ1v) is 8.37. The van der Waals surface area contributed by atoms with Gasteiger partial charge in [-0.1, -0.05) is 0 Å². The van der Waals surface area contributed by atoms with Gasteiger partial charge in [0.05, 0.1) is 11.5 Å². The first kappa shape index (κ1) is 15.3. The Morgan fingerprint density at radius 3 is 2.80 bits per heavy atom. The molecule has 1 fully saturated rings. The molecule has 1 aliphatic rings. The fraction of sp³-hybridized carbons (Fsp3) is 0.571. The first-order valence-electron chi connectivity index (χ1n) is 6.93. The van der Waals surface area contributed by atoms with Crippen LogP contribution in [0.25, 0.3) is 0 Å². The van der Waals surface area contributed by atoms with E-state index in [2.05, 4.69) is 5.32 Å². The molecule has 0 aromatic heterocycles. The highest BCUT2D eigenvalue weighted by atomic mass is 32.2. The molecule has 1 heterocycles. The van der Waals surface area contributed by atoms with E-state index in [-0.39, 0.29) is 6.04 Å². The van der Waals surface area contributed by atoms with Crippen molar-refractivity contribution in [2.24, 2.45) is 0 Å². The molecule has 1 aliphatic heterocycles. The molecule has 1 saturated heterocycles. The number of aryl methyl sites for hydroxylation is 1. The second-order valence-corrected chi connectivity index (χ2v) is 6.92. The Kier molecular flexibility index (Phi) is 4.67. The maximum absolute atomic E-state index is 12.7. The van der Waals surface area contributed by atoms with E-state index in [9.17, 15) is 8.42 Å². The van der Waals surface area contributed by atoms with Crippen molar-refractivity contribution in [1.29, 1.82) is 0 Å². The SMILES string of the molecule is CCOc1ccc(S(=O)(=O)N2CCNCC2C)cc1C. The van der Waals surface area contributed by atoms with Gasteiger partial charge in [-0.05, 0) is 44.5 Å². The number of ether oxygens (including phenoxy) is 1. The number of piperazine rings is 1. The van der Waals surface area contributed by atoms with Gasteiger partial charge in [0.1, 0.15) is 5.75 Å². The highest BCUT2D eigenvalue weighted by Gasteiger charge is 2.31. The lowest BCUT2D eigenvalue weighted by molar-refractivity contribution is 0.284. The Balaban J connectivity index is 2.31. The zero-order valence-electron chi connectivity index (χ0n) is 12.2. The molecule has 0 spiro atoms. The zero-order valence-corrected chi connectivity index (χ0v) is 13.0. The Morgan fingerprint density at radius 2 is 2.20 bits per heavy atom. The molecule has 1 aromatic rings. The second-order valence-electron chi connectivity index (χ2n) is 5.03. The summed E-state index contributed by atoms with van der Waals surface area (Å²) in [5.41, 5.74) is 0.843. The van der Waals surface area contributed by atoms with Crippen molar-refractivity contribution in [2.45, 2.75) is 31.7 Å². The predicted molar refractivity (Wildman–Crippen MR) is 78.6 cm³/mol. The minimum absolute atomic E-state index is 0.0272. The van der Waals surface area contributed by atoms with Crippen LogP contribution in [-0.2, 0) is 10.0 Å². The van der Waals surface area contributed by atoms with E-state index in [1.54, 1.807) is 22.5 Å². The van der Waals surface area contributed by atoms with Gasteiger partial charge in [-0.3, -0.25) is 0 Å². The average Bonchev–Trinajstić information content (AvgIpc) is 2.41. The lowest BCUT2D eigenvalue weighted by atomic mass is 10.2. The van der Waals surface area contributed by atoms with Crippen molar-refractivity contribution in [2.75, 3.05) is 26.2 Å². The third kappa shape index (κ3) is 2.97. The van der Waals surface area contributed by atoms with Crippen molar-refractivity contribution in [3.05, 3.63) is 23.8 Å². The lowest BCUT2D eigenvalue weighted by Gasteiger charge is -2.32. The molecule has 1 N–H and O–H groups in total. The number of nitrogens with one attached hydrogen (secondary N) is 1. The van der Waals surface area contributed by atoms with Gasteiger partial charge in [-0.15, -0.1) is 0 Å². The van der Waals surface area contributed by atoms with Crippen molar-refractivity contribution in [3.8, 4) is 5.75 Å². The summed E-state index contributed by atoms with van der Waals surface area (Å²) in [5, 5.41) is 3.20. The fourth-order valence-corrected chi connectivity index (χ4v) is 4.13. The van der Waals surface area contributed by atoms with E-state index in [0.29, 0.717) is 31.1 Å². The number of sulfonamides is 1. The number of rotatable bonds is 4. The summed E-state index contributed by atoms with van der Waals surface area (Å²) >= 11 is 0.